The Balaban J connectivity index is 4.86. The molecule has 0 unspecified atom stereocenters. The lowest BCUT2D eigenvalue weighted by Gasteiger charge is -1.99. The first-order valence-electron chi connectivity index (χ1n) is 3.63. The summed E-state index contributed by atoms with van der Waals surface area (Å²) in [5.41, 5.74) is 5.33. The van der Waals surface area contributed by atoms with E-state index in [0.29, 0.717) is 4.48 Å². The SMILES string of the molecule is CC(C)N=C/C(Br)=C(\N)S(C)(=O)=O. The Morgan fingerprint density at radius 1 is 1.54 bits per heavy atom. The zero-order valence-electron chi connectivity index (χ0n) is 7.78. The van der Waals surface area contributed by atoms with Crippen molar-refractivity contribution in [2.45, 2.75) is 19.9 Å². The van der Waals surface area contributed by atoms with Gasteiger partial charge in [0.05, 0.1) is 4.48 Å². The predicted molar refractivity (Wildman–Crippen MR) is 58.6 cm³/mol. The molecule has 0 aromatic rings. The van der Waals surface area contributed by atoms with Crippen LogP contribution in [0.15, 0.2) is 14.5 Å². The van der Waals surface area contributed by atoms with E-state index in [1.807, 2.05) is 13.8 Å². The van der Waals surface area contributed by atoms with Crippen LogP contribution in [0.4, 0.5) is 0 Å². The van der Waals surface area contributed by atoms with Crippen LogP contribution in [0.5, 0.6) is 0 Å². The van der Waals surface area contributed by atoms with Gasteiger partial charge < -0.3 is 5.73 Å². The monoisotopic (exact) mass is 268 g/mol. The summed E-state index contributed by atoms with van der Waals surface area (Å²) in [5.74, 6) is 0. The fourth-order valence-electron chi connectivity index (χ4n) is 0.455. The summed E-state index contributed by atoms with van der Waals surface area (Å²) in [4.78, 5) is 3.98. The van der Waals surface area contributed by atoms with E-state index in [-0.39, 0.29) is 11.1 Å². The Labute approximate surface area is 87.0 Å². The molecule has 4 nitrogen and oxygen atoms in total. The fourth-order valence-corrected chi connectivity index (χ4v) is 1.86. The lowest BCUT2D eigenvalue weighted by molar-refractivity contribution is 0.607. The van der Waals surface area contributed by atoms with E-state index >= 15 is 0 Å². The van der Waals surface area contributed by atoms with Crippen LogP contribution in [-0.4, -0.2) is 26.9 Å². The minimum Gasteiger partial charge on any atom is -0.389 e. The van der Waals surface area contributed by atoms with Gasteiger partial charge >= 0.3 is 0 Å². The van der Waals surface area contributed by atoms with E-state index in [2.05, 4.69) is 20.9 Å². The van der Waals surface area contributed by atoms with Crippen LogP contribution in [0.3, 0.4) is 0 Å². The molecule has 76 valence electrons. The third-order valence-corrected chi connectivity index (χ3v) is 3.03. The van der Waals surface area contributed by atoms with E-state index < -0.39 is 9.84 Å². The largest absolute Gasteiger partial charge is 0.389 e. The van der Waals surface area contributed by atoms with Gasteiger partial charge in [-0.25, -0.2) is 8.42 Å². The number of nitrogens with two attached hydrogens (primary N) is 1. The average molecular weight is 269 g/mol. The first-order valence-corrected chi connectivity index (χ1v) is 6.32. The maximum Gasteiger partial charge on any atom is 0.191 e. The molecular weight excluding hydrogens is 256 g/mol. The van der Waals surface area contributed by atoms with Gasteiger partial charge in [-0.2, -0.15) is 0 Å². The second-order valence-electron chi connectivity index (χ2n) is 2.86. The van der Waals surface area contributed by atoms with Gasteiger partial charge in [0, 0.05) is 18.5 Å². The smallest absolute Gasteiger partial charge is 0.191 e. The van der Waals surface area contributed by atoms with Crippen molar-refractivity contribution < 1.29 is 8.42 Å². The van der Waals surface area contributed by atoms with E-state index in [4.69, 9.17) is 5.73 Å². The summed E-state index contributed by atoms with van der Waals surface area (Å²) in [6.45, 7) is 3.76. The molecule has 0 rings (SSSR count). The number of hydrogen-bond acceptors (Lipinski definition) is 4. The Bertz CT molecular complexity index is 330. The van der Waals surface area contributed by atoms with Crippen molar-refractivity contribution in [2.75, 3.05) is 6.26 Å². The van der Waals surface area contributed by atoms with Gasteiger partial charge in [-0.05, 0) is 29.8 Å². The number of aliphatic imine (C=N–C) groups is 1. The van der Waals surface area contributed by atoms with Crippen molar-refractivity contribution in [3.8, 4) is 0 Å². The van der Waals surface area contributed by atoms with Gasteiger partial charge in [0.25, 0.3) is 0 Å². The highest BCUT2D eigenvalue weighted by molar-refractivity contribution is 9.12. The van der Waals surface area contributed by atoms with Crippen LogP contribution in [0.2, 0.25) is 0 Å². The fraction of sp³-hybridized carbons (Fsp3) is 0.571. The first-order chi connectivity index (χ1) is 5.75. The summed E-state index contributed by atoms with van der Waals surface area (Å²) < 4.78 is 22.2. The number of rotatable bonds is 3. The third-order valence-electron chi connectivity index (χ3n) is 1.12. The van der Waals surface area contributed by atoms with Crippen LogP contribution in [-0.2, 0) is 9.84 Å². The zero-order chi connectivity index (χ0) is 10.6. The lowest BCUT2D eigenvalue weighted by atomic mass is 10.4. The van der Waals surface area contributed by atoms with Crippen LogP contribution < -0.4 is 5.73 Å². The number of allylic oxidation sites excluding steroid dienone is 1. The topological polar surface area (TPSA) is 72.5 Å². The quantitative estimate of drug-likeness (QED) is 0.778. The van der Waals surface area contributed by atoms with Gasteiger partial charge in [0.1, 0.15) is 5.03 Å². The molecule has 0 amide bonds. The Morgan fingerprint density at radius 2 is 2.00 bits per heavy atom. The molecule has 0 aliphatic carbocycles. The first kappa shape index (κ1) is 12.6. The second kappa shape index (κ2) is 4.76. The summed E-state index contributed by atoms with van der Waals surface area (Å²) in [6, 6.07) is 0.111. The van der Waals surface area contributed by atoms with Gasteiger partial charge in [0.2, 0.25) is 0 Å². The van der Waals surface area contributed by atoms with Gasteiger partial charge in [0.15, 0.2) is 9.84 Å². The van der Waals surface area contributed by atoms with Crippen molar-refractivity contribution in [1.82, 2.24) is 0 Å². The molecule has 6 heteroatoms. The van der Waals surface area contributed by atoms with Crippen LogP contribution in [0.1, 0.15) is 13.8 Å². The maximum absolute atomic E-state index is 10.9. The van der Waals surface area contributed by atoms with Gasteiger partial charge in [-0.1, -0.05) is 0 Å². The molecule has 0 heterocycles. The van der Waals surface area contributed by atoms with Crippen LogP contribution in [0.25, 0.3) is 0 Å². The number of sulfone groups is 1. The normalized spacial score (nSPS) is 15.2. The zero-order valence-corrected chi connectivity index (χ0v) is 10.2. The van der Waals surface area contributed by atoms with Gasteiger partial charge in [-0.3, -0.25) is 4.99 Å². The number of halogens is 1. The molecule has 0 saturated carbocycles. The molecule has 0 bridgehead atoms. The number of nitrogens with zero attached hydrogens (tertiary/aromatic N) is 1. The minimum atomic E-state index is -3.33. The Hall–Kier alpha value is -0.360. The van der Waals surface area contributed by atoms with Crippen molar-refractivity contribution in [3.63, 3.8) is 0 Å². The summed E-state index contributed by atoms with van der Waals surface area (Å²) in [7, 11) is -3.33. The Kier molecular flexibility index (Phi) is 4.63. The molecule has 2 N–H and O–H groups in total. The van der Waals surface area contributed by atoms with Crippen LogP contribution >= 0.6 is 15.9 Å². The van der Waals surface area contributed by atoms with Crippen molar-refractivity contribution in [2.24, 2.45) is 10.7 Å². The maximum atomic E-state index is 10.9. The third kappa shape index (κ3) is 5.05. The van der Waals surface area contributed by atoms with E-state index in [1.54, 1.807) is 0 Å². The molecule has 0 spiro atoms. The highest BCUT2D eigenvalue weighted by Crippen LogP contribution is 2.10. The van der Waals surface area contributed by atoms with E-state index in [9.17, 15) is 8.42 Å². The molecule has 0 aliphatic heterocycles. The predicted octanol–water partition coefficient (Wildman–Crippen LogP) is 1.03. The van der Waals surface area contributed by atoms with Crippen molar-refractivity contribution in [1.29, 1.82) is 0 Å². The Morgan fingerprint density at radius 3 is 2.31 bits per heavy atom. The van der Waals surface area contributed by atoms with Crippen molar-refractivity contribution in [3.05, 3.63) is 9.51 Å². The molecular formula is C7H13BrN2O2S. The molecule has 13 heavy (non-hydrogen) atoms. The molecule has 0 aromatic carbocycles. The summed E-state index contributed by atoms with van der Waals surface area (Å²) in [5, 5.41) is -0.197. The molecule has 0 radical (unpaired) electrons. The minimum absolute atomic E-state index is 0.111. The molecule has 0 aromatic heterocycles. The highest BCUT2D eigenvalue weighted by atomic mass is 79.9. The molecule has 0 saturated heterocycles. The lowest BCUT2D eigenvalue weighted by Crippen LogP contribution is -2.12. The van der Waals surface area contributed by atoms with Crippen molar-refractivity contribution >= 4 is 32.0 Å². The number of hydrogen-bond donors (Lipinski definition) is 1. The molecule has 0 atom stereocenters. The second-order valence-corrected chi connectivity index (χ2v) is 5.69. The van der Waals surface area contributed by atoms with E-state index in [1.165, 1.54) is 6.21 Å². The molecule has 0 aliphatic rings. The summed E-state index contributed by atoms with van der Waals surface area (Å²) in [6.07, 6.45) is 2.45. The highest BCUT2D eigenvalue weighted by Gasteiger charge is 2.09. The van der Waals surface area contributed by atoms with E-state index in [0.717, 1.165) is 6.26 Å². The van der Waals surface area contributed by atoms with Gasteiger partial charge in [-0.15, -0.1) is 0 Å². The average Bonchev–Trinajstić information content (AvgIpc) is 1.96. The molecule has 0 fully saturated rings. The standard InChI is InChI=1S/C7H13BrN2O2S/c1-5(2)10-4-6(8)7(9)13(3,11)12/h4-5H,9H2,1-3H3/b7-6-,10-4?. The van der Waals surface area contributed by atoms with Crippen LogP contribution in [0, 0.1) is 0 Å². The summed E-state index contributed by atoms with van der Waals surface area (Å²) >= 11 is 3.03.